The summed E-state index contributed by atoms with van der Waals surface area (Å²) < 4.78 is 27.7. The summed E-state index contributed by atoms with van der Waals surface area (Å²) in [6.45, 7) is 7.78. The summed E-state index contributed by atoms with van der Waals surface area (Å²) in [6.07, 6.45) is 2.72. The van der Waals surface area contributed by atoms with Crippen molar-refractivity contribution < 1.29 is 8.42 Å². The minimum absolute atomic E-state index is 0.0612. The fourth-order valence-corrected chi connectivity index (χ4v) is 5.39. The molecule has 1 aromatic carbocycles. The van der Waals surface area contributed by atoms with E-state index in [-0.39, 0.29) is 12.1 Å². The van der Waals surface area contributed by atoms with Gasteiger partial charge in [-0.2, -0.15) is 4.31 Å². The lowest BCUT2D eigenvalue weighted by Crippen LogP contribution is -2.40. The van der Waals surface area contributed by atoms with Gasteiger partial charge < -0.3 is 5.73 Å². The summed E-state index contributed by atoms with van der Waals surface area (Å²) in [6, 6.07) is 3.58. The van der Waals surface area contributed by atoms with Crippen LogP contribution in [-0.4, -0.2) is 24.8 Å². The van der Waals surface area contributed by atoms with Crippen molar-refractivity contribution in [2.75, 3.05) is 5.73 Å². The van der Waals surface area contributed by atoms with Gasteiger partial charge in [-0.25, -0.2) is 8.42 Å². The number of hydrogen-bond acceptors (Lipinski definition) is 3. The molecule has 1 fully saturated rings. The number of rotatable bonds is 3. The molecule has 0 aliphatic carbocycles. The third-order valence-corrected chi connectivity index (χ3v) is 6.57. The molecule has 2 unspecified atom stereocenters. The monoisotopic (exact) mass is 296 g/mol. The highest BCUT2D eigenvalue weighted by Gasteiger charge is 2.39. The standard InChI is InChI=1S/C15H24N2O2S/c1-5-14-7-6-11(3)17(14)20(18,19)15-9-13(16)8-10(2)12(15)4/h8-9,11,14H,5-7,16H2,1-4H3. The molecule has 2 rings (SSSR count). The van der Waals surface area contributed by atoms with Crippen LogP contribution < -0.4 is 5.73 Å². The second kappa shape index (κ2) is 5.37. The van der Waals surface area contributed by atoms with Crippen LogP contribution in [0.3, 0.4) is 0 Å². The quantitative estimate of drug-likeness (QED) is 0.872. The average Bonchev–Trinajstić information content (AvgIpc) is 2.75. The van der Waals surface area contributed by atoms with Gasteiger partial charge in [-0.05, 0) is 63.3 Å². The van der Waals surface area contributed by atoms with E-state index in [2.05, 4.69) is 0 Å². The van der Waals surface area contributed by atoms with E-state index in [0.717, 1.165) is 30.4 Å². The lowest BCUT2D eigenvalue weighted by atomic mass is 10.1. The Bertz CT molecular complexity index is 611. The molecule has 0 bridgehead atoms. The predicted octanol–water partition coefficient (Wildman–Crippen LogP) is 2.84. The van der Waals surface area contributed by atoms with E-state index in [9.17, 15) is 8.42 Å². The second-order valence-electron chi connectivity index (χ2n) is 5.78. The zero-order valence-corrected chi connectivity index (χ0v) is 13.5. The van der Waals surface area contributed by atoms with Gasteiger partial charge in [-0.1, -0.05) is 6.92 Å². The van der Waals surface area contributed by atoms with Crippen molar-refractivity contribution in [2.45, 2.75) is 63.9 Å². The van der Waals surface area contributed by atoms with Gasteiger partial charge in [-0.3, -0.25) is 0 Å². The maximum absolute atomic E-state index is 13.0. The van der Waals surface area contributed by atoms with E-state index < -0.39 is 10.0 Å². The molecule has 1 saturated heterocycles. The zero-order valence-electron chi connectivity index (χ0n) is 12.7. The molecule has 1 aromatic rings. The summed E-state index contributed by atoms with van der Waals surface area (Å²) in [7, 11) is -3.47. The van der Waals surface area contributed by atoms with Crippen molar-refractivity contribution in [2.24, 2.45) is 0 Å². The number of anilines is 1. The van der Waals surface area contributed by atoms with Crippen molar-refractivity contribution in [3.63, 3.8) is 0 Å². The average molecular weight is 296 g/mol. The van der Waals surface area contributed by atoms with E-state index in [1.807, 2.05) is 33.8 Å². The molecule has 1 aliphatic heterocycles. The van der Waals surface area contributed by atoms with Gasteiger partial charge in [0.2, 0.25) is 10.0 Å². The Morgan fingerprint density at radius 3 is 2.55 bits per heavy atom. The summed E-state index contributed by atoms with van der Waals surface area (Å²) in [5, 5.41) is 0. The Labute approximate surface area is 122 Å². The molecule has 2 N–H and O–H groups in total. The van der Waals surface area contributed by atoms with Crippen LogP contribution in [0.1, 0.15) is 44.2 Å². The van der Waals surface area contributed by atoms with Crippen molar-refractivity contribution in [3.05, 3.63) is 23.3 Å². The van der Waals surface area contributed by atoms with Crippen LogP contribution in [0.5, 0.6) is 0 Å². The van der Waals surface area contributed by atoms with Gasteiger partial charge in [0.25, 0.3) is 0 Å². The number of nitrogen functional groups attached to an aromatic ring is 1. The number of aryl methyl sites for hydroxylation is 1. The second-order valence-corrected chi connectivity index (χ2v) is 7.60. The molecule has 0 radical (unpaired) electrons. The van der Waals surface area contributed by atoms with Gasteiger partial charge in [-0.15, -0.1) is 0 Å². The van der Waals surface area contributed by atoms with E-state index >= 15 is 0 Å². The molecule has 20 heavy (non-hydrogen) atoms. The van der Waals surface area contributed by atoms with Crippen LogP contribution in [0.4, 0.5) is 5.69 Å². The van der Waals surface area contributed by atoms with Crippen molar-refractivity contribution >= 4 is 15.7 Å². The van der Waals surface area contributed by atoms with Gasteiger partial charge >= 0.3 is 0 Å². The largest absolute Gasteiger partial charge is 0.399 e. The number of sulfonamides is 1. The minimum Gasteiger partial charge on any atom is -0.399 e. The molecule has 1 aliphatic rings. The SMILES string of the molecule is CCC1CCC(C)N1S(=O)(=O)c1cc(N)cc(C)c1C. The van der Waals surface area contributed by atoms with Gasteiger partial charge in [0.05, 0.1) is 4.90 Å². The number of nitrogens with two attached hydrogens (primary N) is 1. The normalized spacial score (nSPS) is 24.2. The first-order valence-corrected chi connectivity index (χ1v) is 8.63. The molecule has 5 heteroatoms. The first-order chi connectivity index (χ1) is 9.28. The number of hydrogen-bond donors (Lipinski definition) is 1. The van der Waals surface area contributed by atoms with Crippen molar-refractivity contribution in [1.29, 1.82) is 0 Å². The molecule has 0 spiro atoms. The third-order valence-electron chi connectivity index (χ3n) is 4.38. The van der Waals surface area contributed by atoms with Gasteiger partial charge in [0.15, 0.2) is 0 Å². The van der Waals surface area contributed by atoms with Crippen LogP contribution in [-0.2, 0) is 10.0 Å². The third kappa shape index (κ3) is 2.44. The molecular formula is C15H24N2O2S. The summed E-state index contributed by atoms with van der Waals surface area (Å²) in [5.74, 6) is 0. The van der Waals surface area contributed by atoms with Crippen LogP contribution in [0, 0.1) is 13.8 Å². The maximum atomic E-state index is 13.0. The fourth-order valence-electron chi connectivity index (χ4n) is 3.10. The highest BCUT2D eigenvalue weighted by atomic mass is 32.2. The van der Waals surface area contributed by atoms with Crippen LogP contribution >= 0.6 is 0 Å². The van der Waals surface area contributed by atoms with Gasteiger partial charge in [0.1, 0.15) is 0 Å². The summed E-state index contributed by atoms with van der Waals surface area (Å²) in [4.78, 5) is 0.363. The number of benzene rings is 1. The minimum atomic E-state index is -3.47. The molecule has 1 heterocycles. The molecule has 0 aromatic heterocycles. The fraction of sp³-hybridized carbons (Fsp3) is 0.600. The van der Waals surface area contributed by atoms with Crippen molar-refractivity contribution in [3.8, 4) is 0 Å². The van der Waals surface area contributed by atoms with E-state index in [4.69, 9.17) is 5.73 Å². The lowest BCUT2D eigenvalue weighted by molar-refractivity contribution is 0.328. The molecule has 4 nitrogen and oxygen atoms in total. The predicted molar refractivity (Wildman–Crippen MR) is 82.1 cm³/mol. The smallest absolute Gasteiger partial charge is 0.243 e. The number of nitrogens with zero attached hydrogens (tertiary/aromatic N) is 1. The van der Waals surface area contributed by atoms with Gasteiger partial charge in [0, 0.05) is 17.8 Å². The van der Waals surface area contributed by atoms with E-state index in [1.54, 1.807) is 10.4 Å². The first-order valence-electron chi connectivity index (χ1n) is 7.19. The highest BCUT2D eigenvalue weighted by molar-refractivity contribution is 7.89. The van der Waals surface area contributed by atoms with E-state index in [0.29, 0.717) is 10.6 Å². The Morgan fingerprint density at radius 1 is 1.30 bits per heavy atom. The molecular weight excluding hydrogens is 272 g/mol. The highest BCUT2D eigenvalue weighted by Crippen LogP contribution is 2.34. The Morgan fingerprint density at radius 2 is 1.95 bits per heavy atom. The van der Waals surface area contributed by atoms with Crippen molar-refractivity contribution in [1.82, 2.24) is 4.31 Å². The van der Waals surface area contributed by atoms with Crippen LogP contribution in [0.15, 0.2) is 17.0 Å². The molecule has 0 saturated carbocycles. The van der Waals surface area contributed by atoms with Crippen LogP contribution in [0.2, 0.25) is 0 Å². The molecule has 112 valence electrons. The molecule has 0 amide bonds. The Hall–Kier alpha value is -1.07. The Kier molecular flexibility index (Phi) is 4.12. The zero-order chi connectivity index (χ0) is 15.1. The Balaban J connectivity index is 2.55. The summed E-state index contributed by atoms with van der Waals surface area (Å²) in [5.41, 5.74) is 8.07. The van der Waals surface area contributed by atoms with Crippen LogP contribution in [0.25, 0.3) is 0 Å². The molecule has 2 atom stereocenters. The van der Waals surface area contributed by atoms with E-state index in [1.165, 1.54) is 0 Å². The lowest BCUT2D eigenvalue weighted by Gasteiger charge is -2.28. The first kappa shape index (κ1) is 15.3. The maximum Gasteiger partial charge on any atom is 0.243 e. The summed E-state index contributed by atoms with van der Waals surface area (Å²) >= 11 is 0. The topological polar surface area (TPSA) is 63.4 Å².